The normalized spacial score (nSPS) is 21.8. The van der Waals surface area contributed by atoms with Gasteiger partial charge in [0.05, 0.1) is 5.39 Å². The number of anilines is 1. The van der Waals surface area contributed by atoms with Crippen LogP contribution in [-0.4, -0.2) is 21.0 Å². The molecule has 4 heteroatoms. The summed E-state index contributed by atoms with van der Waals surface area (Å²) in [6.45, 7) is 6.41. The molecule has 2 aromatic rings. The highest BCUT2D eigenvalue weighted by Gasteiger charge is 2.28. The molecule has 1 atom stereocenters. The number of fused-ring (bicyclic) bond motifs is 1. The SMILES string of the molecule is CC(C)Nc1nc(C2(C)C=CC=CC2)nc2[nH]ccc12. The molecule has 20 heavy (non-hydrogen) atoms. The Kier molecular flexibility index (Phi) is 3.08. The van der Waals surface area contributed by atoms with Gasteiger partial charge in [-0.2, -0.15) is 0 Å². The average molecular weight is 268 g/mol. The van der Waals surface area contributed by atoms with Gasteiger partial charge in [-0.15, -0.1) is 0 Å². The topological polar surface area (TPSA) is 53.6 Å². The Morgan fingerprint density at radius 1 is 1.30 bits per heavy atom. The second kappa shape index (κ2) is 4.78. The molecule has 3 rings (SSSR count). The smallest absolute Gasteiger partial charge is 0.143 e. The van der Waals surface area contributed by atoms with Crippen LogP contribution in [0.3, 0.4) is 0 Å². The lowest BCUT2D eigenvalue weighted by atomic mass is 9.83. The molecule has 104 valence electrons. The summed E-state index contributed by atoms with van der Waals surface area (Å²) in [5.74, 6) is 1.77. The Hall–Kier alpha value is -2.10. The number of H-pyrrole nitrogens is 1. The molecule has 0 saturated carbocycles. The minimum Gasteiger partial charge on any atom is -0.367 e. The lowest BCUT2D eigenvalue weighted by Gasteiger charge is -2.25. The molecule has 0 fully saturated rings. The highest BCUT2D eigenvalue weighted by Crippen LogP contribution is 2.32. The molecule has 0 spiro atoms. The van der Waals surface area contributed by atoms with Gasteiger partial charge in [0.15, 0.2) is 0 Å². The third kappa shape index (κ3) is 2.22. The highest BCUT2D eigenvalue weighted by atomic mass is 15.1. The van der Waals surface area contributed by atoms with Gasteiger partial charge in [0.1, 0.15) is 17.3 Å². The van der Waals surface area contributed by atoms with Crippen LogP contribution in [0.25, 0.3) is 11.0 Å². The highest BCUT2D eigenvalue weighted by molar-refractivity contribution is 5.87. The van der Waals surface area contributed by atoms with E-state index in [1.165, 1.54) is 0 Å². The molecule has 4 nitrogen and oxygen atoms in total. The Morgan fingerprint density at radius 2 is 2.15 bits per heavy atom. The van der Waals surface area contributed by atoms with Gasteiger partial charge >= 0.3 is 0 Å². The maximum absolute atomic E-state index is 4.78. The van der Waals surface area contributed by atoms with E-state index in [1.807, 2.05) is 12.3 Å². The number of aromatic amines is 1. The van der Waals surface area contributed by atoms with Gasteiger partial charge < -0.3 is 10.3 Å². The molecule has 0 radical (unpaired) electrons. The van der Waals surface area contributed by atoms with Crippen molar-refractivity contribution in [3.05, 3.63) is 42.4 Å². The first-order chi connectivity index (χ1) is 9.58. The summed E-state index contributed by atoms with van der Waals surface area (Å²) in [4.78, 5) is 12.7. The monoisotopic (exact) mass is 268 g/mol. The zero-order chi connectivity index (χ0) is 14.2. The van der Waals surface area contributed by atoms with Crippen molar-refractivity contribution in [3.63, 3.8) is 0 Å². The molecule has 2 heterocycles. The zero-order valence-corrected chi connectivity index (χ0v) is 12.1. The van der Waals surface area contributed by atoms with Crippen molar-refractivity contribution < 1.29 is 0 Å². The third-order valence-corrected chi connectivity index (χ3v) is 3.61. The van der Waals surface area contributed by atoms with Crippen molar-refractivity contribution in [1.29, 1.82) is 0 Å². The summed E-state index contributed by atoms with van der Waals surface area (Å²) < 4.78 is 0. The Labute approximate surface area is 119 Å². The summed E-state index contributed by atoms with van der Waals surface area (Å²) in [6.07, 6.45) is 11.3. The van der Waals surface area contributed by atoms with E-state index in [-0.39, 0.29) is 5.41 Å². The molecule has 2 N–H and O–H groups in total. The molecule has 0 bridgehead atoms. The number of aromatic nitrogens is 3. The first kappa shape index (κ1) is 12.9. The van der Waals surface area contributed by atoms with E-state index in [2.05, 4.69) is 55.4 Å². The van der Waals surface area contributed by atoms with E-state index < -0.39 is 0 Å². The first-order valence-electron chi connectivity index (χ1n) is 7.05. The number of rotatable bonds is 3. The first-order valence-corrected chi connectivity index (χ1v) is 7.05. The zero-order valence-electron chi connectivity index (χ0n) is 12.1. The van der Waals surface area contributed by atoms with Crippen LogP contribution >= 0.6 is 0 Å². The van der Waals surface area contributed by atoms with Crippen LogP contribution in [-0.2, 0) is 5.41 Å². The van der Waals surface area contributed by atoms with E-state index in [4.69, 9.17) is 9.97 Å². The van der Waals surface area contributed by atoms with E-state index in [1.54, 1.807) is 0 Å². The van der Waals surface area contributed by atoms with Crippen LogP contribution in [0.5, 0.6) is 0 Å². The summed E-state index contributed by atoms with van der Waals surface area (Å²) in [6, 6.07) is 2.36. The van der Waals surface area contributed by atoms with E-state index in [0.717, 1.165) is 29.1 Å². The van der Waals surface area contributed by atoms with Gasteiger partial charge in [-0.1, -0.05) is 24.3 Å². The molecule has 2 aromatic heterocycles. The molecule has 0 saturated heterocycles. The van der Waals surface area contributed by atoms with Crippen molar-refractivity contribution in [2.24, 2.45) is 0 Å². The van der Waals surface area contributed by atoms with Gasteiger partial charge in [-0.25, -0.2) is 9.97 Å². The van der Waals surface area contributed by atoms with Gasteiger partial charge in [0.25, 0.3) is 0 Å². The van der Waals surface area contributed by atoms with E-state index >= 15 is 0 Å². The standard InChI is InChI=1S/C16H20N4/c1-11(2)18-14-12-7-10-17-13(12)19-15(20-14)16(3)8-5-4-6-9-16/h4-8,10-11H,9H2,1-3H3,(H2,17,18,19,20). The van der Waals surface area contributed by atoms with E-state index in [0.29, 0.717) is 6.04 Å². The predicted molar refractivity (Wildman–Crippen MR) is 82.9 cm³/mol. The summed E-state index contributed by atoms with van der Waals surface area (Å²) in [5.41, 5.74) is 0.754. The van der Waals surface area contributed by atoms with Crippen molar-refractivity contribution >= 4 is 16.9 Å². The molecule has 1 aliphatic carbocycles. The van der Waals surface area contributed by atoms with Crippen molar-refractivity contribution in [3.8, 4) is 0 Å². The number of hydrogen-bond donors (Lipinski definition) is 2. The van der Waals surface area contributed by atoms with Crippen LogP contribution in [0.2, 0.25) is 0 Å². The van der Waals surface area contributed by atoms with Gasteiger partial charge in [-0.05, 0) is 33.3 Å². The second-order valence-electron chi connectivity index (χ2n) is 5.84. The van der Waals surface area contributed by atoms with Gasteiger partial charge in [0.2, 0.25) is 0 Å². The minimum atomic E-state index is -0.137. The Balaban J connectivity index is 2.12. The molecule has 0 aliphatic heterocycles. The number of nitrogens with one attached hydrogen (secondary N) is 2. The van der Waals surface area contributed by atoms with E-state index in [9.17, 15) is 0 Å². The fraction of sp³-hybridized carbons (Fsp3) is 0.375. The molecular formula is C16H20N4. The largest absolute Gasteiger partial charge is 0.367 e. The molecule has 0 aromatic carbocycles. The molecular weight excluding hydrogens is 248 g/mol. The average Bonchev–Trinajstić information content (AvgIpc) is 2.87. The third-order valence-electron chi connectivity index (χ3n) is 3.61. The number of nitrogens with zero attached hydrogens (tertiary/aromatic N) is 2. The van der Waals surface area contributed by atoms with Gasteiger partial charge in [0, 0.05) is 17.7 Å². The summed E-state index contributed by atoms with van der Waals surface area (Å²) in [5, 5.41) is 4.46. The molecule has 0 amide bonds. The van der Waals surface area contributed by atoms with Crippen LogP contribution in [0.1, 0.15) is 33.0 Å². The van der Waals surface area contributed by atoms with Crippen molar-refractivity contribution in [2.45, 2.75) is 38.6 Å². The quantitative estimate of drug-likeness (QED) is 0.895. The lowest BCUT2D eigenvalue weighted by molar-refractivity contribution is 0.559. The fourth-order valence-electron chi connectivity index (χ4n) is 2.47. The second-order valence-corrected chi connectivity index (χ2v) is 5.84. The summed E-state index contributed by atoms with van der Waals surface area (Å²) >= 11 is 0. The predicted octanol–water partition coefficient (Wildman–Crippen LogP) is 3.55. The van der Waals surface area contributed by atoms with Crippen LogP contribution in [0.4, 0.5) is 5.82 Å². The summed E-state index contributed by atoms with van der Waals surface area (Å²) in [7, 11) is 0. The minimum absolute atomic E-state index is 0.137. The van der Waals surface area contributed by atoms with Crippen LogP contribution < -0.4 is 5.32 Å². The number of hydrogen-bond acceptors (Lipinski definition) is 3. The Bertz CT molecular complexity index is 681. The Morgan fingerprint density at radius 3 is 2.85 bits per heavy atom. The van der Waals surface area contributed by atoms with Crippen molar-refractivity contribution in [1.82, 2.24) is 15.0 Å². The van der Waals surface area contributed by atoms with Gasteiger partial charge in [-0.3, -0.25) is 0 Å². The number of allylic oxidation sites excluding steroid dienone is 4. The van der Waals surface area contributed by atoms with Crippen molar-refractivity contribution in [2.75, 3.05) is 5.32 Å². The molecule has 1 unspecified atom stereocenters. The maximum atomic E-state index is 4.78. The molecule has 1 aliphatic rings. The fourth-order valence-corrected chi connectivity index (χ4v) is 2.47. The lowest BCUT2D eigenvalue weighted by Crippen LogP contribution is -2.24. The van der Waals surface area contributed by atoms with Crippen LogP contribution in [0, 0.1) is 0 Å². The maximum Gasteiger partial charge on any atom is 0.143 e. The van der Waals surface area contributed by atoms with Crippen LogP contribution in [0.15, 0.2) is 36.6 Å².